The SMILES string of the molecule is FC(F)(F)c1nc(-c2cnc(NC3(c4ccc(Cl)cc4Cl)CC3)nc2)no1. The van der Waals surface area contributed by atoms with Crippen molar-refractivity contribution in [2.24, 2.45) is 0 Å². The highest BCUT2D eigenvalue weighted by Crippen LogP contribution is 2.50. The maximum Gasteiger partial charge on any atom is 0.471 e. The quantitative estimate of drug-likeness (QED) is 0.649. The molecule has 27 heavy (non-hydrogen) atoms. The second kappa shape index (κ2) is 6.35. The molecule has 2 heterocycles. The van der Waals surface area contributed by atoms with Gasteiger partial charge in [-0.2, -0.15) is 18.2 Å². The van der Waals surface area contributed by atoms with E-state index in [0.717, 1.165) is 18.4 Å². The number of nitrogens with zero attached hydrogens (tertiary/aromatic N) is 4. The van der Waals surface area contributed by atoms with Crippen LogP contribution in [0.1, 0.15) is 24.3 Å². The third kappa shape index (κ3) is 3.57. The fourth-order valence-corrected chi connectivity index (χ4v) is 3.23. The summed E-state index contributed by atoms with van der Waals surface area (Å²) in [5.74, 6) is -1.36. The van der Waals surface area contributed by atoms with E-state index in [9.17, 15) is 13.2 Å². The monoisotopic (exact) mass is 415 g/mol. The molecule has 1 aliphatic rings. The lowest BCUT2D eigenvalue weighted by atomic mass is 10.1. The maximum absolute atomic E-state index is 12.5. The zero-order chi connectivity index (χ0) is 19.2. The van der Waals surface area contributed by atoms with Gasteiger partial charge in [-0.15, -0.1) is 0 Å². The molecule has 0 spiro atoms. The highest BCUT2D eigenvalue weighted by molar-refractivity contribution is 6.35. The number of aromatic nitrogens is 4. The summed E-state index contributed by atoms with van der Waals surface area (Å²) in [5.41, 5.74) is 0.696. The third-order valence-electron chi connectivity index (χ3n) is 4.13. The van der Waals surface area contributed by atoms with Crippen LogP contribution in [0.4, 0.5) is 19.1 Å². The molecule has 140 valence electrons. The van der Waals surface area contributed by atoms with Crippen molar-refractivity contribution in [3.05, 3.63) is 52.1 Å². The topological polar surface area (TPSA) is 76.7 Å². The van der Waals surface area contributed by atoms with Gasteiger partial charge in [0.25, 0.3) is 0 Å². The Morgan fingerprint density at radius 2 is 1.81 bits per heavy atom. The van der Waals surface area contributed by atoms with Gasteiger partial charge in [0.05, 0.1) is 11.1 Å². The van der Waals surface area contributed by atoms with E-state index in [1.54, 1.807) is 12.1 Å². The van der Waals surface area contributed by atoms with Crippen LogP contribution >= 0.6 is 23.2 Å². The summed E-state index contributed by atoms with van der Waals surface area (Å²) in [6.07, 6.45) is -0.401. The molecule has 0 aliphatic heterocycles. The molecule has 0 saturated heterocycles. The number of nitrogens with one attached hydrogen (secondary N) is 1. The average molecular weight is 416 g/mol. The minimum atomic E-state index is -4.70. The van der Waals surface area contributed by atoms with E-state index in [-0.39, 0.29) is 11.4 Å². The van der Waals surface area contributed by atoms with Crippen LogP contribution in [-0.2, 0) is 11.7 Å². The largest absolute Gasteiger partial charge is 0.471 e. The van der Waals surface area contributed by atoms with Crippen LogP contribution in [-0.4, -0.2) is 20.1 Å². The van der Waals surface area contributed by atoms with Gasteiger partial charge in [0.1, 0.15) is 0 Å². The van der Waals surface area contributed by atoms with E-state index >= 15 is 0 Å². The fourth-order valence-electron chi connectivity index (χ4n) is 2.64. The molecule has 0 bridgehead atoms. The molecule has 1 aliphatic carbocycles. The first kappa shape index (κ1) is 18.0. The molecule has 0 radical (unpaired) electrons. The fraction of sp³-hybridized carbons (Fsp3) is 0.250. The van der Waals surface area contributed by atoms with Crippen LogP contribution in [0.2, 0.25) is 10.0 Å². The van der Waals surface area contributed by atoms with Gasteiger partial charge in [0, 0.05) is 22.4 Å². The van der Waals surface area contributed by atoms with Gasteiger partial charge in [-0.25, -0.2) is 9.97 Å². The van der Waals surface area contributed by atoms with E-state index in [1.165, 1.54) is 12.4 Å². The predicted molar refractivity (Wildman–Crippen MR) is 91.3 cm³/mol. The Kier molecular flexibility index (Phi) is 4.23. The second-order valence-corrected chi connectivity index (χ2v) is 6.89. The second-order valence-electron chi connectivity index (χ2n) is 6.05. The van der Waals surface area contributed by atoms with Crippen LogP contribution in [0.5, 0.6) is 0 Å². The summed E-state index contributed by atoms with van der Waals surface area (Å²) in [6, 6.07) is 5.26. The van der Waals surface area contributed by atoms with Gasteiger partial charge in [-0.3, -0.25) is 0 Å². The molecule has 0 amide bonds. The molecule has 4 rings (SSSR count). The Hall–Kier alpha value is -2.39. The molecular formula is C16H10Cl2F3N5O. The summed E-state index contributed by atoms with van der Waals surface area (Å²) in [6.45, 7) is 0. The Morgan fingerprint density at radius 1 is 1.11 bits per heavy atom. The van der Waals surface area contributed by atoms with E-state index in [1.807, 2.05) is 6.07 Å². The number of anilines is 1. The molecule has 3 aromatic rings. The lowest BCUT2D eigenvalue weighted by Gasteiger charge is -2.19. The molecule has 2 aromatic heterocycles. The maximum atomic E-state index is 12.5. The smallest absolute Gasteiger partial charge is 0.345 e. The number of alkyl halides is 3. The Bertz CT molecular complexity index is 986. The van der Waals surface area contributed by atoms with E-state index < -0.39 is 17.6 Å². The molecule has 0 unspecified atom stereocenters. The summed E-state index contributed by atoms with van der Waals surface area (Å²) in [4.78, 5) is 11.6. The predicted octanol–water partition coefficient (Wildman–Crippen LogP) is 4.95. The highest BCUT2D eigenvalue weighted by atomic mass is 35.5. The van der Waals surface area contributed by atoms with Crippen LogP contribution in [0.15, 0.2) is 35.1 Å². The van der Waals surface area contributed by atoms with Crippen molar-refractivity contribution >= 4 is 29.2 Å². The number of benzene rings is 1. The standard InChI is InChI=1S/C16H10Cl2F3N5O/c17-9-1-2-10(11(18)5-9)15(3-4-15)25-14-22-6-8(7-23-14)12-24-13(27-26-12)16(19,20)21/h1-2,5-7H,3-4H2,(H,22,23,25). The van der Waals surface area contributed by atoms with Crippen LogP contribution in [0.3, 0.4) is 0 Å². The first-order chi connectivity index (χ1) is 12.8. The lowest BCUT2D eigenvalue weighted by Crippen LogP contribution is -2.20. The molecule has 11 heteroatoms. The summed E-state index contributed by atoms with van der Waals surface area (Å²) in [7, 11) is 0. The number of rotatable bonds is 4. The van der Waals surface area contributed by atoms with E-state index in [2.05, 4.69) is 29.9 Å². The van der Waals surface area contributed by atoms with Crippen molar-refractivity contribution in [1.29, 1.82) is 0 Å². The minimum Gasteiger partial charge on any atom is -0.345 e. The number of hydrogen-bond acceptors (Lipinski definition) is 6. The van der Waals surface area contributed by atoms with Crippen molar-refractivity contribution < 1.29 is 17.7 Å². The van der Waals surface area contributed by atoms with Crippen molar-refractivity contribution in [2.75, 3.05) is 5.32 Å². The van der Waals surface area contributed by atoms with E-state index in [4.69, 9.17) is 23.2 Å². The molecule has 1 aromatic carbocycles. The van der Waals surface area contributed by atoms with Gasteiger partial charge in [0.15, 0.2) is 0 Å². The molecule has 6 nitrogen and oxygen atoms in total. The number of hydrogen-bond donors (Lipinski definition) is 1. The lowest BCUT2D eigenvalue weighted by molar-refractivity contribution is -0.159. The van der Waals surface area contributed by atoms with Crippen LogP contribution < -0.4 is 5.32 Å². The Morgan fingerprint density at radius 3 is 2.37 bits per heavy atom. The van der Waals surface area contributed by atoms with Crippen molar-refractivity contribution in [1.82, 2.24) is 20.1 Å². The molecule has 0 atom stereocenters. The zero-order valence-electron chi connectivity index (χ0n) is 13.4. The van der Waals surface area contributed by atoms with Crippen LogP contribution in [0.25, 0.3) is 11.4 Å². The minimum absolute atomic E-state index is 0.203. The number of halogens is 5. The van der Waals surface area contributed by atoms with Gasteiger partial charge in [-0.1, -0.05) is 34.4 Å². The van der Waals surface area contributed by atoms with Crippen LogP contribution in [0, 0.1) is 0 Å². The third-order valence-corrected chi connectivity index (χ3v) is 4.67. The first-order valence-corrected chi connectivity index (χ1v) is 8.49. The summed E-state index contributed by atoms with van der Waals surface area (Å²) >= 11 is 12.2. The average Bonchev–Trinajstić information content (AvgIpc) is 3.18. The first-order valence-electron chi connectivity index (χ1n) is 7.74. The molecular weight excluding hydrogens is 406 g/mol. The Labute approximate surface area is 160 Å². The van der Waals surface area contributed by atoms with E-state index in [0.29, 0.717) is 16.0 Å². The normalized spacial score (nSPS) is 15.6. The molecule has 1 saturated carbocycles. The molecule has 1 N–H and O–H groups in total. The Balaban J connectivity index is 1.54. The highest BCUT2D eigenvalue weighted by Gasteiger charge is 2.46. The molecule has 1 fully saturated rings. The van der Waals surface area contributed by atoms with Crippen molar-refractivity contribution in [3.8, 4) is 11.4 Å². The van der Waals surface area contributed by atoms with Crippen molar-refractivity contribution in [3.63, 3.8) is 0 Å². The van der Waals surface area contributed by atoms with Gasteiger partial charge >= 0.3 is 12.1 Å². The van der Waals surface area contributed by atoms with Gasteiger partial charge in [-0.05, 0) is 30.5 Å². The van der Waals surface area contributed by atoms with Gasteiger partial charge < -0.3 is 9.84 Å². The summed E-state index contributed by atoms with van der Waals surface area (Å²) < 4.78 is 41.8. The zero-order valence-corrected chi connectivity index (χ0v) is 14.9. The van der Waals surface area contributed by atoms with Crippen molar-refractivity contribution in [2.45, 2.75) is 24.6 Å². The summed E-state index contributed by atoms with van der Waals surface area (Å²) in [5, 5.41) is 7.60. The van der Waals surface area contributed by atoms with Gasteiger partial charge in [0.2, 0.25) is 11.8 Å².